The fourth-order valence-corrected chi connectivity index (χ4v) is 0.748. The number of rotatable bonds is 1. The predicted octanol–water partition coefficient (Wildman–Crippen LogP) is -0.268. The number of ether oxygens (including phenoxy) is 1. The molecule has 50 valence electrons. The van der Waals surface area contributed by atoms with Crippen molar-refractivity contribution < 1.29 is 9.53 Å². The lowest BCUT2D eigenvalue weighted by Gasteiger charge is -2.17. The molecule has 1 amide bonds. The zero-order valence-corrected chi connectivity index (χ0v) is 5.09. The van der Waals surface area contributed by atoms with Gasteiger partial charge >= 0.3 is 0 Å². The summed E-state index contributed by atoms with van der Waals surface area (Å²) in [7, 11) is 0. The van der Waals surface area contributed by atoms with E-state index in [2.05, 4.69) is 6.42 Å². The Morgan fingerprint density at radius 3 is 2.89 bits per heavy atom. The number of primary amides is 1. The van der Waals surface area contributed by atoms with Gasteiger partial charge < -0.3 is 10.5 Å². The van der Waals surface area contributed by atoms with Crippen molar-refractivity contribution in [3.8, 4) is 0 Å². The Kier molecular flexibility index (Phi) is 2.05. The molecule has 1 unspecified atom stereocenters. The second-order valence-electron chi connectivity index (χ2n) is 1.96. The molecular formula is C6H9NO2. The highest BCUT2D eigenvalue weighted by Crippen LogP contribution is 2.10. The van der Waals surface area contributed by atoms with E-state index < -0.39 is 12.0 Å². The minimum absolute atomic E-state index is 0.435. The van der Waals surface area contributed by atoms with E-state index in [1.165, 1.54) is 0 Å². The molecule has 1 fully saturated rings. The third kappa shape index (κ3) is 1.68. The molecule has 1 heterocycles. The van der Waals surface area contributed by atoms with E-state index in [1.807, 2.05) is 0 Å². The van der Waals surface area contributed by atoms with E-state index in [1.54, 1.807) is 0 Å². The van der Waals surface area contributed by atoms with Crippen LogP contribution in [0.4, 0.5) is 0 Å². The van der Waals surface area contributed by atoms with Crippen LogP contribution in [0, 0.1) is 6.42 Å². The smallest absolute Gasteiger partial charge is 0.247 e. The van der Waals surface area contributed by atoms with Crippen LogP contribution in [0.25, 0.3) is 0 Å². The number of carbonyl (C=O) groups is 1. The number of carbonyl (C=O) groups excluding carboxylic acids is 1. The summed E-state index contributed by atoms with van der Waals surface area (Å²) in [4.78, 5) is 10.4. The lowest BCUT2D eigenvalue weighted by molar-refractivity contribution is -0.128. The van der Waals surface area contributed by atoms with Crippen LogP contribution in [0.15, 0.2) is 0 Å². The van der Waals surface area contributed by atoms with Crippen molar-refractivity contribution in [1.82, 2.24) is 0 Å². The van der Waals surface area contributed by atoms with Crippen LogP contribution in [0.1, 0.15) is 12.8 Å². The Morgan fingerprint density at radius 1 is 1.78 bits per heavy atom. The summed E-state index contributed by atoms with van der Waals surface area (Å²) < 4.78 is 4.95. The molecule has 1 rings (SSSR count). The van der Waals surface area contributed by atoms with Crippen molar-refractivity contribution in [2.45, 2.75) is 18.9 Å². The molecule has 1 atom stereocenters. The molecule has 0 saturated carbocycles. The van der Waals surface area contributed by atoms with Gasteiger partial charge in [0.25, 0.3) is 0 Å². The van der Waals surface area contributed by atoms with Gasteiger partial charge in [-0.15, -0.1) is 0 Å². The fourth-order valence-electron chi connectivity index (χ4n) is 0.748. The molecule has 9 heavy (non-hydrogen) atoms. The first-order chi connectivity index (χ1) is 4.30. The molecule has 2 N–H and O–H groups in total. The maximum absolute atomic E-state index is 10.4. The molecule has 3 nitrogen and oxygen atoms in total. The molecule has 0 aromatic rings. The van der Waals surface area contributed by atoms with Gasteiger partial charge in [0.05, 0.1) is 0 Å². The predicted molar refractivity (Wildman–Crippen MR) is 31.4 cm³/mol. The summed E-state index contributed by atoms with van der Waals surface area (Å²) in [5.74, 6) is -0.435. The Morgan fingerprint density at radius 2 is 2.56 bits per heavy atom. The fraction of sp³-hybridized carbons (Fsp3) is 0.667. The van der Waals surface area contributed by atoms with Gasteiger partial charge in [-0.25, -0.2) is 0 Å². The molecule has 1 aliphatic rings. The molecule has 0 aromatic heterocycles. The average Bonchev–Trinajstić information content (AvgIpc) is 1.90. The topological polar surface area (TPSA) is 52.3 Å². The van der Waals surface area contributed by atoms with Gasteiger partial charge in [-0.3, -0.25) is 4.79 Å². The van der Waals surface area contributed by atoms with E-state index in [4.69, 9.17) is 10.5 Å². The molecule has 1 aliphatic heterocycles. The van der Waals surface area contributed by atoms with Gasteiger partial charge in [0.2, 0.25) is 5.91 Å². The van der Waals surface area contributed by atoms with E-state index in [9.17, 15) is 4.79 Å². The minimum atomic E-state index is -0.557. The highest BCUT2D eigenvalue weighted by Gasteiger charge is 2.19. The van der Waals surface area contributed by atoms with Gasteiger partial charge in [0, 0.05) is 13.0 Å². The minimum Gasteiger partial charge on any atom is -0.368 e. The lowest BCUT2D eigenvalue weighted by atomic mass is 10.1. The molecule has 2 radical (unpaired) electrons. The quantitative estimate of drug-likeness (QED) is 0.527. The van der Waals surface area contributed by atoms with E-state index in [0.717, 1.165) is 12.8 Å². The van der Waals surface area contributed by atoms with Gasteiger partial charge in [0.1, 0.15) is 6.10 Å². The third-order valence-electron chi connectivity index (χ3n) is 1.19. The summed E-state index contributed by atoms with van der Waals surface area (Å²) in [6, 6.07) is 0. The second kappa shape index (κ2) is 2.82. The molecule has 0 bridgehead atoms. The van der Waals surface area contributed by atoms with Crippen molar-refractivity contribution in [2.24, 2.45) is 5.73 Å². The highest BCUT2D eigenvalue weighted by molar-refractivity contribution is 5.80. The molecule has 3 heteroatoms. The van der Waals surface area contributed by atoms with Crippen molar-refractivity contribution in [3.63, 3.8) is 0 Å². The van der Waals surface area contributed by atoms with E-state index in [0.29, 0.717) is 6.61 Å². The highest BCUT2D eigenvalue weighted by atomic mass is 16.5. The maximum Gasteiger partial charge on any atom is 0.247 e. The van der Waals surface area contributed by atoms with E-state index in [-0.39, 0.29) is 0 Å². The Balaban J connectivity index is 2.31. The third-order valence-corrected chi connectivity index (χ3v) is 1.19. The summed E-state index contributed by atoms with van der Waals surface area (Å²) in [6.45, 7) is 0.626. The molecule has 0 spiro atoms. The van der Waals surface area contributed by atoms with Crippen LogP contribution in [0.2, 0.25) is 0 Å². The van der Waals surface area contributed by atoms with E-state index >= 15 is 0 Å². The lowest BCUT2D eigenvalue weighted by Crippen LogP contribution is -2.34. The standard InChI is InChI=1S/C6H9NO2/c7-6(8)5-3-1-2-4-9-5/h5H,1-2,4H2,(H2,7,8). The van der Waals surface area contributed by atoms with Crippen LogP contribution in [-0.2, 0) is 9.53 Å². The molecule has 0 aliphatic carbocycles. The number of hydrogen-bond donors (Lipinski definition) is 1. The van der Waals surface area contributed by atoms with Crippen LogP contribution in [0.3, 0.4) is 0 Å². The van der Waals surface area contributed by atoms with Gasteiger partial charge in [-0.2, -0.15) is 0 Å². The first kappa shape index (κ1) is 6.55. The number of amides is 1. The number of hydrogen-bond acceptors (Lipinski definition) is 2. The second-order valence-corrected chi connectivity index (χ2v) is 1.96. The Hall–Kier alpha value is -0.570. The maximum atomic E-state index is 10.4. The summed E-state index contributed by atoms with van der Waals surface area (Å²) in [6.07, 6.45) is 4.03. The van der Waals surface area contributed by atoms with Crippen molar-refractivity contribution in [2.75, 3.05) is 6.61 Å². The average molecular weight is 127 g/mol. The van der Waals surface area contributed by atoms with Crippen LogP contribution in [0.5, 0.6) is 0 Å². The molecule has 1 saturated heterocycles. The van der Waals surface area contributed by atoms with Crippen LogP contribution in [-0.4, -0.2) is 18.6 Å². The van der Waals surface area contributed by atoms with Gasteiger partial charge in [-0.05, 0) is 12.8 Å². The van der Waals surface area contributed by atoms with Gasteiger partial charge in [-0.1, -0.05) is 0 Å². The first-order valence-electron chi connectivity index (χ1n) is 2.95. The normalized spacial score (nSPS) is 27.8. The van der Waals surface area contributed by atoms with Crippen molar-refractivity contribution >= 4 is 5.91 Å². The SMILES string of the molecule is NC(=O)C1[C]CCCO1. The van der Waals surface area contributed by atoms with Gasteiger partial charge in [0.15, 0.2) is 0 Å². The Labute approximate surface area is 54.2 Å². The Bertz CT molecular complexity index is 108. The summed E-state index contributed by atoms with van der Waals surface area (Å²) >= 11 is 0. The molecular weight excluding hydrogens is 118 g/mol. The number of nitrogens with two attached hydrogens (primary N) is 1. The monoisotopic (exact) mass is 127 g/mol. The molecule has 0 aromatic carbocycles. The van der Waals surface area contributed by atoms with Crippen LogP contribution >= 0.6 is 0 Å². The largest absolute Gasteiger partial charge is 0.368 e. The summed E-state index contributed by atoms with van der Waals surface area (Å²) in [5.41, 5.74) is 4.94. The summed E-state index contributed by atoms with van der Waals surface area (Å²) in [5, 5.41) is 0. The van der Waals surface area contributed by atoms with Crippen LogP contribution < -0.4 is 5.73 Å². The zero-order valence-electron chi connectivity index (χ0n) is 5.09. The van der Waals surface area contributed by atoms with Crippen molar-refractivity contribution in [1.29, 1.82) is 0 Å². The first-order valence-corrected chi connectivity index (χ1v) is 2.95. The zero-order chi connectivity index (χ0) is 6.69. The van der Waals surface area contributed by atoms with Crippen molar-refractivity contribution in [3.05, 3.63) is 6.42 Å².